The van der Waals surface area contributed by atoms with Gasteiger partial charge < -0.3 is 21.1 Å². The van der Waals surface area contributed by atoms with Crippen LogP contribution in [0.3, 0.4) is 0 Å². The van der Waals surface area contributed by atoms with Crippen molar-refractivity contribution in [3.63, 3.8) is 0 Å². The molecule has 2 rings (SSSR count). The molecule has 1 aliphatic rings. The number of methoxy groups -OCH3 is 1. The maximum Gasteiger partial charge on any atom is 0.246 e. The van der Waals surface area contributed by atoms with E-state index in [9.17, 15) is 9.59 Å². The van der Waals surface area contributed by atoms with Crippen LogP contribution in [-0.4, -0.2) is 25.5 Å². The first kappa shape index (κ1) is 12.4. The number of ether oxygens (including phenoxy) is 1. The van der Waals surface area contributed by atoms with E-state index in [2.05, 4.69) is 10.6 Å². The molecule has 0 saturated heterocycles. The quantitative estimate of drug-likeness (QED) is 0.692. The second-order valence-electron chi connectivity index (χ2n) is 4.05. The number of benzene rings is 1. The lowest BCUT2D eigenvalue weighted by Crippen LogP contribution is -2.30. The molecule has 0 aliphatic carbocycles. The van der Waals surface area contributed by atoms with E-state index in [1.165, 1.54) is 0 Å². The SMILES string of the molecule is COc1ccc2c(c1)NC(=O)C2NCCC(N)=O. The summed E-state index contributed by atoms with van der Waals surface area (Å²) < 4.78 is 5.09. The Morgan fingerprint density at radius 3 is 3.00 bits per heavy atom. The van der Waals surface area contributed by atoms with E-state index in [0.717, 1.165) is 11.3 Å². The number of nitrogens with two attached hydrogens (primary N) is 1. The van der Waals surface area contributed by atoms with E-state index in [1.807, 2.05) is 6.07 Å². The third-order valence-corrected chi connectivity index (χ3v) is 2.81. The van der Waals surface area contributed by atoms with E-state index in [0.29, 0.717) is 12.3 Å². The molecular formula is C12H15N3O3. The molecule has 1 aromatic carbocycles. The van der Waals surface area contributed by atoms with Crippen molar-refractivity contribution in [2.75, 3.05) is 19.0 Å². The van der Waals surface area contributed by atoms with Crippen LogP contribution in [0.2, 0.25) is 0 Å². The van der Waals surface area contributed by atoms with Crippen LogP contribution in [0.25, 0.3) is 0 Å². The molecule has 96 valence electrons. The summed E-state index contributed by atoms with van der Waals surface area (Å²) in [6.45, 7) is 0.374. The monoisotopic (exact) mass is 249 g/mol. The zero-order valence-electron chi connectivity index (χ0n) is 10.0. The minimum absolute atomic E-state index is 0.136. The lowest BCUT2D eigenvalue weighted by molar-refractivity contribution is -0.119. The highest BCUT2D eigenvalue weighted by Gasteiger charge is 2.30. The molecule has 0 aromatic heterocycles. The van der Waals surface area contributed by atoms with Gasteiger partial charge in [-0.25, -0.2) is 0 Å². The van der Waals surface area contributed by atoms with Crippen molar-refractivity contribution in [2.45, 2.75) is 12.5 Å². The Kier molecular flexibility index (Phi) is 3.47. The molecule has 0 spiro atoms. The molecule has 1 atom stereocenters. The molecule has 0 bridgehead atoms. The molecule has 6 heteroatoms. The molecule has 0 radical (unpaired) electrons. The van der Waals surface area contributed by atoms with Crippen LogP contribution in [0.5, 0.6) is 5.75 Å². The Bertz CT molecular complexity index is 487. The van der Waals surface area contributed by atoms with Crippen LogP contribution in [0.1, 0.15) is 18.0 Å². The molecule has 4 N–H and O–H groups in total. The van der Waals surface area contributed by atoms with Crippen LogP contribution in [0.4, 0.5) is 5.69 Å². The first-order valence-electron chi connectivity index (χ1n) is 5.62. The lowest BCUT2D eigenvalue weighted by atomic mass is 10.1. The van der Waals surface area contributed by atoms with Crippen molar-refractivity contribution < 1.29 is 14.3 Å². The molecule has 0 saturated carbocycles. The van der Waals surface area contributed by atoms with E-state index >= 15 is 0 Å². The average Bonchev–Trinajstić information content (AvgIpc) is 2.64. The van der Waals surface area contributed by atoms with Crippen molar-refractivity contribution in [1.29, 1.82) is 0 Å². The zero-order chi connectivity index (χ0) is 13.1. The van der Waals surface area contributed by atoms with Gasteiger partial charge in [0.25, 0.3) is 0 Å². The van der Waals surface area contributed by atoms with Crippen LogP contribution in [-0.2, 0) is 9.59 Å². The van der Waals surface area contributed by atoms with E-state index < -0.39 is 11.9 Å². The topological polar surface area (TPSA) is 93.4 Å². The third-order valence-electron chi connectivity index (χ3n) is 2.81. The number of anilines is 1. The molecule has 2 amide bonds. The highest BCUT2D eigenvalue weighted by molar-refractivity contribution is 6.02. The lowest BCUT2D eigenvalue weighted by Gasteiger charge is -2.10. The van der Waals surface area contributed by atoms with Gasteiger partial charge in [-0.3, -0.25) is 9.59 Å². The zero-order valence-corrected chi connectivity index (χ0v) is 10.0. The van der Waals surface area contributed by atoms with Gasteiger partial charge in [-0.1, -0.05) is 6.07 Å². The van der Waals surface area contributed by atoms with Crippen LogP contribution in [0.15, 0.2) is 18.2 Å². The number of hydrogen-bond donors (Lipinski definition) is 3. The maximum atomic E-state index is 11.8. The van der Waals surface area contributed by atoms with Crippen LogP contribution in [0, 0.1) is 0 Å². The number of primary amides is 1. The highest BCUT2D eigenvalue weighted by atomic mass is 16.5. The fourth-order valence-electron chi connectivity index (χ4n) is 1.91. The van der Waals surface area contributed by atoms with E-state index in [4.69, 9.17) is 10.5 Å². The summed E-state index contributed by atoms with van der Waals surface area (Å²) in [7, 11) is 1.57. The Labute approximate surface area is 104 Å². The Morgan fingerprint density at radius 2 is 2.33 bits per heavy atom. The Hall–Kier alpha value is -2.08. The predicted octanol–water partition coefficient (Wildman–Crippen LogP) is 0.153. The summed E-state index contributed by atoms with van der Waals surface area (Å²) in [6, 6.07) is 4.95. The second kappa shape index (κ2) is 5.05. The molecular weight excluding hydrogens is 234 g/mol. The molecule has 18 heavy (non-hydrogen) atoms. The summed E-state index contributed by atoms with van der Waals surface area (Å²) >= 11 is 0. The van der Waals surface area contributed by atoms with Crippen molar-refractivity contribution in [3.8, 4) is 5.75 Å². The van der Waals surface area contributed by atoms with E-state index in [1.54, 1.807) is 19.2 Å². The molecule has 1 aromatic rings. The first-order valence-corrected chi connectivity index (χ1v) is 5.62. The van der Waals surface area contributed by atoms with Crippen molar-refractivity contribution in [2.24, 2.45) is 5.73 Å². The fraction of sp³-hybridized carbons (Fsp3) is 0.333. The average molecular weight is 249 g/mol. The van der Waals surface area contributed by atoms with Gasteiger partial charge >= 0.3 is 0 Å². The minimum Gasteiger partial charge on any atom is -0.497 e. The summed E-state index contributed by atoms with van der Waals surface area (Å²) in [6.07, 6.45) is 0.204. The van der Waals surface area contributed by atoms with Gasteiger partial charge in [-0.2, -0.15) is 0 Å². The summed E-state index contributed by atoms with van der Waals surface area (Å²) in [5, 5.41) is 5.77. The molecule has 1 heterocycles. The van der Waals surface area contributed by atoms with Crippen molar-refractivity contribution >= 4 is 17.5 Å². The summed E-state index contributed by atoms with van der Waals surface area (Å²) in [4.78, 5) is 22.4. The van der Waals surface area contributed by atoms with Crippen molar-refractivity contribution in [1.82, 2.24) is 5.32 Å². The molecule has 1 unspecified atom stereocenters. The largest absolute Gasteiger partial charge is 0.497 e. The minimum atomic E-state index is -0.440. The maximum absolute atomic E-state index is 11.8. The van der Waals surface area contributed by atoms with Gasteiger partial charge in [0.1, 0.15) is 11.8 Å². The number of amides is 2. The molecule has 6 nitrogen and oxygen atoms in total. The summed E-state index contributed by atoms with van der Waals surface area (Å²) in [5.41, 5.74) is 6.63. The Balaban J connectivity index is 2.10. The number of carbonyl (C=O) groups excluding carboxylic acids is 2. The fourth-order valence-corrected chi connectivity index (χ4v) is 1.91. The number of hydrogen-bond acceptors (Lipinski definition) is 4. The van der Waals surface area contributed by atoms with Gasteiger partial charge in [-0.05, 0) is 6.07 Å². The first-order chi connectivity index (χ1) is 8.61. The Morgan fingerprint density at radius 1 is 1.56 bits per heavy atom. The standard InChI is InChI=1S/C12H15N3O3/c1-18-7-2-3-8-9(6-7)15-12(17)11(8)14-5-4-10(13)16/h2-3,6,11,14H,4-5H2,1H3,(H2,13,16)(H,15,17). The van der Waals surface area contributed by atoms with Gasteiger partial charge in [0.05, 0.1) is 7.11 Å². The number of carbonyl (C=O) groups is 2. The number of fused-ring (bicyclic) bond motifs is 1. The van der Waals surface area contributed by atoms with E-state index in [-0.39, 0.29) is 12.3 Å². The second-order valence-corrected chi connectivity index (χ2v) is 4.05. The predicted molar refractivity (Wildman–Crippen MR) is 66.2 cm³/mol. The van der Waals surface area contributed by atoms with Gasteiger partial charge in [-0.15, -0.1) is 0 Å². The molecule has 0 fully saturated rings. The number of nitrogens with one attached hydrogen (secondary N) is 2. The van der Waals surface area contributed by atoms with Crippen molar-refractivity contribution in [3.05, 3.63) is 23.8 Å². The third kappa shape index (κ3) is 2.43. The smallest absolute Gasteiger partial charge is 0.246 e. The van der Waals surface area contributed by atoms with Crippen LogP contribution >= 0.6 is 0 Å². The van der Waals surface area contributed by atoms with Gasteiger partial charge in [0.2, 0.25) is 11.8 Å². The summed E-state index contributed by atoms with van der Waals surface area (Å²) in [5.74, 6) is 0.158. The normalized spacial score (nSPS) is 17.2. The van der Waals surface area contributed by atoms with Gasteiger partial charge in [0.15, 0.2) is 0 Å². The van der Waals surface area contributed by atoms with Crippen LogP contribution < -0.4 is 21.1 Å². The number of rotatable bonds is 5. The molecule has 1 aliphatic heterocycles. The highest BCUT2D eigenvalue weighted by Crippen LogP contribution is 2.33. The van der Waals surface area contributed by atoms with Gasteiger partial charge in [0, 0.05) is 30.3 Å².